The van der Waals surface area contributed by atoms with Crippen LogP contribution in [0.1, 0.15) is 16.9 Å². The van der Waals surface area contributed by atoms with Gasteiger partial charge < -0.3 is 19.2 Å². The Bertz CT molecular complexity index is 1070. The van der Waals surface area contributed by atoms with Gasteiger partial charge in [-0.2, -0.15) is 0 Å². The van der Waals surface area contributed by atoms with Crippen molar-refractivity contribution in [2.24, 2.45) is 0 Å². The highest BCUT2D eigenvalue weighted by Crippen LogP contribution is 2.27. The van der Waals surface area contributed by atoms with Crippen molar-refractivity contribution in [1.29, 1.82) is 0 Å². The zero-order valence-electron chi connectivity index (χ0n) is 16.4. The summed E-state index contributed by atoms with van der Waals surface area (Å²) >= 11 is 0. The molecule has 0 aliphatic carbocycles. The molecule has 3 aromatic rings. The van der Waals surface area contributed by atoms with Crippen LogP contribution in [0.5, 0.6) is 11.5 Å². The summed E-state index contributed by atoms with van der Waals surface area (Å²) in [4.78, 5) is 28.9. The SMILES string of the molecule is COc1ccc(CCNC(=O)Cn2cnc3oc(C)c(C)c3c2=O)cc1OC. The molecule has 0 aliphatic rings. The highest BCUT2D eigenvalue weighted by Gasteiger charge is 2.15. The van der Waals surface area contributed by atoms with Gasteiger partial charge in [-0.3, -0.25) is 14.2 Å². The van der Waals surface area contributed by atoms with Crippen LogP contribution >= 0.6 is 0 Å². The van der Waals surface area contributed by atoms with Gasteiger partial charge in [0.15, 0.2) is 11.5 Å². The number of rotatable bonds is 7. The number of hydrogen-bond acceptors (Lipinski definition) is 6. The van der Waals surface area contributed by atoms with E-state index in [0.717, 1.165) is 11.1 Å². The van der Waals surface area contributed by atoms with Crippen LogP contribution in [0, 0.1) is 13.8 Å². The maximum Gasteiger partial charge on any atom is 0.265 e. The monoisotopic (exact) mass is 385 g/mol. The number of nitrogens with zero attached hydrogens (tertiary/aromatic N) is 2. The summed E-state index contributed by atoms with van der Waals surface area (Å²) < 4.78 is 17.2. The average molecular weight is 385 g/mol. The van der Waals surface area contributed by atoms with Crippen molar-refractivity contribution in [3.05, 3.63) is 51.8 Å². The molecule has 0 bridgehead atoms. The number of methoxy groups -OCH3 is 2. The Morgan fingerprint density at radius 2 is 1.96 bits per heavy atom. The van der Waals surface area contributed by atoms with E-state index in [1.165, 1.54) is 10.9 Å². The third-order valence-corrected chi connectivity index (χ3v) is 4.65. The quantitative estimate of drug-likeness (QED) is 0.668. The predicted octanol–water partition coefficient (Wildman–Crippen LogP) is 1.98. The Labute approximate surface area is 162 Å². The number of carbonyl (C=O) groups excluding carboxylic acids is 1. The van der Waals surface area contributed by atoms with Crippen molar-refractivity contribution >= 4 is 17.0 Å². The number of nitrogens with one attached hydrogen (secondary N) is 1. The summed E-state index contributed by atoms with van der Waals surface area (Å²) in [6.45, 7) is 3.92. The molecule has 28 heavy (non-hydrogen) atoms. The summed E-state index contributed by atoms with van der Waals surface area (Å²) in [5.74, 6) is 1.68. The number of hydrogen-bond donors (Lipinski definition) is 1. The Hall–Kier alpha value is -3.29. The van der Waals surface area contributed by atoms with Crippen LogP contribution in [-0.4, -0.2) is 36.2 Å². The molecule has 3 rings (SSSR count). The normalized spacial score (nSPS) is 10.9. The molecule has 8 nitrogen and oxygen atoms in total. The third-order valence-electron chi connectivity index (χ3n) is 4.65. The topological polar surface area (TPSA) is 95.6 Å². The van der Waals surface area contributed by atoms with Gasteiger partial charge in [0, 0.05) is 12.1 Å². The molecule has 1 aromatic carbocycles. The van der Waals surface area contributed by atoms with Crippen molar-refractivity contribution in [2.75, 3.05) is 20.8 Å². The van der Waals surface area contributed by atoms with Gasteiger partial charge in [0.2, 0.25) is 11.6 Å². The Morgan fingerprint density at radius 3 is 2.68 bits per heavy atom. The number of aryl methyl sites for hydroxylation is 2. The summed E-state index contributed by atoms with van der Waals surface area (Å²) in [5, 5.41) is 3.23. The lowest BCUT2D eigenvalue weighted by Gasteiger charge is -2.10. The molecule has 0 radical (unpaired) electrons. The van der Waals surface area contributed by atoms with Crippen LogP contribution < -0.4 is 20.3 Å². The zero-order valence-corrected chi connectivity index (χ0v) is 16.4. The first-order valence-corrected chi connectivity index (χ1v) is 8.87. The van der Waals surface area contributed by atoms with Gasteiger partial charge in [-0.05, 0) is 38.0 Å². The molecule has 2 aromatic heterocycles. The maximum absolute atomic E-state index is 12.6. The van der Waals surface area contributed by atoms with E-state index in [-0.39, 0.29) is 18.0 Å². The molecule has 0 fully saturated rings. The molecule has 0 saturated carbocycles. The molecule has 1 amide bonds. The number of furan rings is 1. The van der Waals surface area contributed by atoms with E-state index >= 15 is 0 Å². The van der Waals surface area contributed by atoms with E-state index in [1.807, 2.05) is 18.2 Å². The fourth-order valence-corrected chi connectivity index (χ4v) is 2.98. The standard InChI is InChI=1S/C20H23N3O5/c1-12-13(2)28-19-18(12)20(25)23(11-22-19)10-17(24)21-8-7-14-5-6-15(26-3)16(9-14)27-4/h5-6,9,11H,7-8,10H2,1-4H3,(H,21,24). The van der Waals surface area contributed by atoms with Crippen LogP contribution in [-0.2, 0) is 17.8 Å². The molecule has 0 aliphatic heterocycles. The van der Waals surface area contributed by atoms with E-state index < -0.39 is 0 Å². The number of amides is 1. The van der Waals surface area contributed by atoms with Gasteiger partial charge in [-0.25, -0.2) is 4.98 Å². The van der Waals surface area contributed by atoms with Crippen LogP contribution in [0.15, 0.2) is 33.7 Å². The van der Waals surface area contributed by atoms with Crippen molar-refractivity contribution in [2.45, 2.75) is 26.8 Å². The highest BCUT2D eigenvalue weighted by molar-refractivity contribution is 5.79. The second-order valence-corrected chi connectivity index (χ2v) is 6.43. The van der Waals surface area contributed by atoms with E-state index in [9.17, 15) is 9.59 Å². The Kier molecular flexibility index (Phi) is 5.67. The second-order valence-electron chi connectivity index (χ2n) is 6.43. The van der Waals surface area contributed by atoms with Crippen molar-refractivity contribution in [3.63, 3.8) is 0 Å². The molecule has 148 valence electrons. The Balaban J connectivity index is 1.62. The molecule has 2 heterocycles. The molecule has 8 heteroatoms. The van der Waals surface area contributed by atoms with Gasteiger partial charge in [0.1, 0.15) is 24.0 Å². The molecule has 1 N–H and O–H groups in total. The fourth-order valence-electron chi connectivity index (χ4n) is 2.98. The van der Waals surface area contributed by atoms with E-state index in [4.69, 9.17) is 13.9 Å². The van der Waals surface area contributed by atoms with Gasteiger partial charge in [-0.15, -0.1) is 0 Å². The molecule has 0 unspecified atom stereocenters. The number of aromatic nitrogens is 2. The smallest absolute Gasteiger partial charge is 0.265 e. The summed E-state index contributed by atoms with van der Waals surface area (Å²) in [5.41, 5.74) is 1.76. The lowest BCUT2D eigenvalue weighted by molar-refractivity contribution is -0.121. The van der Waals surface area contributed by atoms with E-state index in [2.05, 4.69) is 10.3 Å². The van der Waals surface area contributed by atoms with Crippen LogP contribution in [0.25, 0.3) is 11.1 Å². The first-order chi connectivity index (χ1) is 13.4. The number of benzene rings is 1. The van der Waals surface area contributed by atoms with Crippen LogP contribution in [0.4, 0.5) is 0 Å². The molecule has 0 spiro atoms. The summed E-state index contributed by atoms with van der Waals surface area (Å²) in [7, 11) is 3.16. The minimum absolute atomic E-state index is 0.0998. The number of ether oxygens (including phenoxy) is 2. The van der Waals surface area contributed by atoms with Crippen molar-refractivity contribution in [3.8, 4) is 11.5 Å². The van der Waals surface area contributed by atoms with Gasteiger partial charge >= 0.3 is 0 Å². The maximum atomic E-state index is 12.6. The summed E-state index contributed by atoms with van der Waals surface area (Å²) in [6.07, 6.45) is 1.96. The Morgan fingerprint density at radius 1 is 1.21 bits per heavy atom. The largest absolute Gasteiger partial charge is 0.493 e. The van der Waals surface area contributed by atoms with Crippen molar-refractivity contribution < 1.29 is 18.7 Å². The molecule has 0 atom stereocenters. The zero-order chi connectivity index (χ0) is 20.3. The highest BCUT2D eigenvalue weighted by atomic mass is 16.5. The first-order valence-electron chi connectivity index (χ1n) is 8.87. The molecular formula is C20H23N3O5. The van der Waals surface area contributed by atoms with E-state index in [0.29, 0.717) is 41.3 Å². The minimum Gasteiger partial charge on any atom is -0.493 e. The second kappa shape index (κ2) is 8.16. The first kappa shape index (κ1) is 19.5. The fraction of sp³-hybridized carbons (Fsp3) is 0.350. The average Bonchev–Trinajstić information content (AvgIpc) is 2.98. The number of fused-ring (bicyclic) bond motifs is 1. The van der Waals surface area contributed by atoms with Gasteiger partial charge in [-0.1, -0.05) is 6.07 Å². The van der Waals surface area contributed by atoms with Crippen LogP contribution in [0.3, 0.4) is 0 Å². The lowest BCUT2D eigenvalue weighted by Crippen LogP contribution is -2.33. The summed E-state index contributed by atoms with van der Waals surface area (Å²) in [6, 6.07) is 5.61. The van der Waals surface area contributed by atoms with Crippen molar-refractivity contribution in [1.82, 2.24) is 14.9 Å². The lowest BCUT2D eigenvalue weighted by atomic mass is 10.1. The molecular weight excluding hydrogens is 362 g/mol. The third kappa shape index (κ3) is 3.85. The molecule has 0 saturated heterocycles. The van der Waals surface area contributed by atoms with Gasteiger partial charge in [0.05, 0.1) is 14.2 Å². The van der Waals surface area contributed by atoms with Gasteiger partial charge in [0.25, 0.3) is 5.56 Å². The predicted molar refractivity (Wildman–Crippen MR) is 104 cm³/mol. The van der Waals surface area contributed by atoms with Crippen LogP contribution in [0.2, 0.25) is 0 Å². The number of carbonyl (C=O) groups is 1. The van der Waals surface area contributed by atoms with E-state index in [1.54, 1.807) is 28.1 Å². The minimum atomic E-state index is -0.283.